The van der Waals surface area contributed by atoms with Crippen LogP contribution in [0.1, 0.15) is 24.8 Å². The van der Waals surface area contributed by atoms with Crippen molar-refractivity contribution in [2.75, 3.05) is 7.11 Å². The first kappa shape index (κ1) is 9.53. The van der Waals surface area contributed by atoms with E-state index in [1.165, 1.54) is 12.0 Å². The molecule has 1 aliphatic carbocycles. The van der Waals surface area contributed by atoms with Crippen LogP contribution in [0.4, 0.5) is 0 Å². The van der Waals surface area contributed by atoms with E-state index in [0.717, 1.165) is 5.75 Å². The Hall–Kier alpha value is -1.02. The molecule has 0 aliphatic heterocycles. The van der Waals surface area contributed by atoms with E-state index < -0.39 is 0 Å². The first-order valence-electron chi connectivity index (χ1n) is 5.12. The predicted octanol–water partition coefficient (Wildman–Crippen LogP) is 2.15. The second kappa shape index (κ2) is 3.62. The largest absolute Gasteiger partial charge is 0.497 e. The van der Waals surface area contributed by atoms with Crippen molar-refractivity contribution in [2.24, 2.45) is 11.7 Å². The molecule has 3 atom stereocenters. The standard InChI is InChI=1S/C12H17NO/c1-8(13)11-7-12(11)9-3-5-10(14-2)6-4-9/h3-6,8,11-12H,7,13H2,1-2H3/t8-,11-,12+/m1/s1. The highest BCUT2D eigenvalue weighted by Gasteiger charge is 2.40. The average molecular weight is 191 g/mol. The fourth-order valence-electron chi connectivity index (χ4n) is 2.03. The van der Waals surface area contributed by atoms with Gasteiger partial charge in [-0.2, -0.15) is 0 Å². The minimum absolute atomic E-state index is 0.321. The SMILES string of the molecule is COc1ccc([C@@H]2C[C@@H]2[C@@H](C)N)cc1. The zero-order chi connectivity index (χ0) is 10.1. The van der Waals surface area contributed by atoms with Crippen molar-refractivity contribution in [2.45, 2.75) is 25.3 Å². The van der Waals surface area contributed by atoms with Gasteiger partial charge in [-0.05, 0) is 42.9 Å². The Kier molecular flexibility index (Phi) is 2.46. The van der Waals surface area contributed by atoms with Crippen LogP contribution in [-0.4, -0.2) is 13.2 Å². The smallest absolute Gasteiger partial charge is 0.118 e. The molecular weight excluding hydrogens is 174 g/mol. The normalized spacial score (nSPS) is 27.1. The molecule has 2 heteroatoms. The van der Waals surface area contributed by atoms with Gasteiger partial charge in [0.05, 0.1) is 7.11 Å². The summed E-state index contributed by atoms with van der Waals surface area (Å²) in [5, 5.41) is 0. The summed E-state index contributed by atoms with van der Waals surface area (Å²) in [7, 11) is 1.69. The number of hydrogen-bond donors (Lipinski definition) is 1. The van der Waals surface area contributed by atoms with E-state index in [1.54, 1.807) is 7.11 Å². The molecule has 1 aromatic carbocycles. The van der Waals surface area contributed by atoms with Crippen LogP contribution in [0.5, 0.6) is 5.75 Å². The molecule has 1 aromatic rings. The highest BCUT2D eigenvalue weighted by Crippen LogP contribution is 2.49. The van der Waals surface area contributed by atoms with Crippen LogP contribution in [0, 0.1) is 5.92 Å². The number of hydrogen-bond acceptors (Lipinski definition) is 2. The Labute approximate surface area is 85.1 Å². The average Bonchev–Trinajstić information content (AvgIpc) is 2.97. The van der Waals surface area contributed by atoms with E-state index in [0.29, 0.717) is 17.9 Å². The molecule has 0 saturated heterocycles. The third kappa shape index (κ3) is 1.75. The van der Waals surface area contributed by atoms with E-state index >= 15 is 0 Å². The molecule has 2 nitrogen and oxygen atoms in total. The number of benzene rings is 1. The van der Waals surface area contributed by atoms with Crippen LogP contribution in [0.3, 0.4) is 0 Å². The predicted molar refractivity (Wildman–Crippen MR) is 57.5 cm³/mol. The van der Waals surface area contributed by atoms with Crippen molar-refractivity contribution < 1.29 is 4.74 Å². The Morgan fingerprint density at radius 2 is 2.00 bits per heavy atom. The summed E-state index contributed by atoms with van der Waals surface area (Å²) in [4.78, 5) is 0. The maximum absolute atomic E-state index is 5.86. The van der Waals surface area contributed by atoms with Crippen LogP contribution >= 0.6 is 0 Å². The van der Waals surface area contributed by atoms with Crippen LogP contribution < -0.4 is 10.5 Å². The Balaban J connectivity index is 2.05. The molecule has 2 rings (SSSR count). The molecule has 0 unspecified atom stereocenters. The van der Waals surface area contributed by atoms with Crippen molar-refractivity contribution in [3.05, 3.63) is 29.8 Å². The molecule has 2 N–H and O–H groups in total. The summed E-state index contributed by atoms with van der Waals surface area (Å²) in [6.07, 6.45) is 1.24. The third-order valence-electron chi connectivity index (χ3n) is 3.06. The zero-order valence-electron chi connectivity index (χ0n) is 8.73. The molecule has 1 saturated carbocycles. The topological polar surface area (TPSA) is 35.2 Å². The maximum atomic E-state index is 5.86. The number of rotatable bonds is 3. The lowest BCUT2D eigenvalue weighted by Gasteiger charge is -2.05. The van der Waals surface area contributed by atoms with Gasteiger partial charge >= 0.3 is 0 Å². The molecule has 76 valence electrons. The minimum Gasteiger partial charge on any atom is -0.497 e. The Morgan fingerprint density at radius 3 is 2.43 bits per heavy atom. The summed E-state index contributed by atoms with van der Waals surface area (Å²) in [5.41, 5.74) is 7.25. The van der Waals surface area contributed by atoms with Gasteiger partial charge in [0, 0.05) is 6.04 Å². The van der Waals surface area contributed by atoms with Crippen molar-refractivity contribution >= 4 is 0 Å². The second-order valence-corrected chi connectivity index (χ2v) is 4.14. The quantitative estimate of drug-likeness (QED) is 0.794. The van der Waals surface area contributed by atoms with Gasteiger partial charge in [0.1, 0.15) is 5.75 Å². The lowest BCUT2D eigenvalue weighted by atomic mass is 10.1. The molecule has 0 radical (unpaired) electrons. The van der Waals surface area contributed by atoms with E-state index in [-0.39, 0.29) is 0 Å². The van der Waals surface area contributed by atoms with E-state index in [2.05, 4.69) is 19.1 Å². The van der Waals surface area contributed by atoms with Crippen LogP contribution in [0.25, 0.3) is 0 Å². The number of ether oxygens (including phenoxy) is 1. The van der Waals surface area contributed by atoms with Crippen molar-refractivity contribution in [3.8, 4) is 5.75 Å². The maximum Gasteiger partial charge on any atom is 0.118 e. The first-order valence-corrected chi connectivity index (χ1v) is 5.12. The van der Waals surface area contributed by atoms with Gasteiger partial charge < -0.3 is 10.5 Å². The summed E-state index contributed by atoms with van der Waals surface area (Å²) in [5.74, 6) is 2.29. The van der Waals surface area contributed by atoms with Crippen LogP contribution in [0.2, 0.25) is 0 Å². The van der Waals surface area contributed by atoms with Crippen LogP contribution in [-0.2, 0) is 0 Å². The monoisotopic (exact) mass is 191 g/mol. The summed E-state index contributed by atoms with van der Waals surface area (Å²) < 4.78 is 5.12. The number of nitrogens with two attached hydrogens (primary N) is 1. The van der Waals surface area contributed by atoms with Gasteiger partial charge in [0.2, 0.25) is 0 Å². The van der Waals surface area contributed by atoms with Gasteiger partial charge in [0.15, 0.2) is 0 Å². The number of methoxy groups -OCH3 is 1. The molecule has 0 aromatic heterocycles. The van der Waals surface area contributed by atoms with Gasteiger partial charge in [-0.25, -0.2) is 0 Å². The molecule has 0 bridgehead atoms. The van der Waals surface area contributed by atoms with Crippen molar-refractivity contribution in [1.82, 2.24) is 0 Å². The summed E-state index contributed by atoms with van der Waals surface area (Å²) >= 11 is 0. The Bertz CT molecular complexity index is 305. The van der Waals surface area contributed by atoms with E-state index in [4.69, 9.17) is 10.5 Å². The third-order valence-corrected chi connectivity index (χ3v) is 3.06. The minimum atomic E-state index is 0.321. The molecule has 1 aliphatic rings. The second-order valence-electron chi connectivity index (χ2n) is 4.14. The van der Waals surface area contributed by atoms with Gasteiger partial charge in [0.25, 0.3) is 0 Å². The van der Waals surface area contributed by atoms with Crippen molar-refractivity contribution in [3.63, 3.8) is 0 Å². The Morgan fingerprint density at radius 1 is 1.36 bits per heavy atom. The summed E-state index contributed by atoms with van der Waals surface area (Å²) in [6.45, 7) is 2.09. The molecule has 0 heterocycles. The molecule has 0 amide bonds. The lowest BCUT2D eigenvalue weighted by molar-refractivity contribution is 0.414. The highest BCUT2D eigenvalue weighted by atomic mass is 16.5. The van der Waals surface area contributed by atoms with Gasteiger partial charge in [-0.15, -0.1) is 0 Å². The van der Waals surface area contributed by atoms with Gasteiger partial charge in [-0.1, -0.05) is 12.1 Å². The van der Waals surface area contributed by atoms with E-state index in [1.807, 2.05) is 12.1 Å². The fraction of sp³-hybridized carbons (Fsp3) is 0.500. The molecule has 0 spiro atoms. The highest BCUT2D eigenvalue weighted by molar-refractivity contribution is 5.32. The fourth-order valence-corrected chi connectivity index (χ4v) is 2.03. The molecule has 14 heavy (non-hydrogen) atoms. The zero-order valence-corrected chi connectivity index (χ0v) is 8.73. The molecular formula is C12H17NO. The lowest BCUT2D eigenvalue weighted by Crippen LogP contribution is -2.17. The van der Waals surface area contributed by atoms with Crippen molar-refractivity contribution in [1.29, 1.82) is 0 Å². The summed E-state index contributed by atoms with van der Waals surface area (Å²) in [6, 6.07) is 8.65. The first-order chi connectivity index (χ1) is 6.72. The van der Waals surface area contributed by atoms with Crippen LogP contribution in [0.15, 0.2) is 24.3 Å². The molecule has 1 fully saturated rings. The van der Waals surface area contributed by atoms with Gasteiger partial charge in [-0.3, -0.25) is 0 Å². The van der Waals surface area contributed by atoms with E-state index in [9.17, 15) is 0 Å².